The molecule has 0 bridgehead atoms. The lowest BCUT2D eigenvalue weighted by atomic mass is 9.97. The molecule has 1 aliphatic heterocycles. The van der Waals surface area contributed by atoms with Gasteiger partial charge in [-0.1, -0.05) is 11.6 Å². The van der Waals surface area contributed by atoms with Gasteiger partial charge in [0.25, 0.3) is 0 Å². The van der Waals surface area contributed by atoms with Gasteiger partial charge in [0, 0.05) is 35.5 Å². The number of carbonyl (C=O) groups excluding carboxylic acids is 1. The Balaban J connectivity index is 1.49. The summed E-state index contributed by atoms with van der Waals surface area (Å²) < 4.78 is 27.9. The van der Waals surface area contributed by atoms with Crippen LogP contribution in [0.25, 0.3) is 0 Å². The fraction of sp³-hybridized carbons (Fsp3) is 0.389. The van der Waals surface area contributed by atoms with Crippen molar-refractivity contribution in [1.29, 1.82) is 0 Å². The molecule has 5 nitrogen and oxygen atoms in total. The summed E-state index contributed by atoms with van der Waals surface area (Å²) in [5.41, 5.74) is 0. The van der Waals surface area contributed by atoms with E-state index in [9.17, 15) is 13.2 Å². The van der Waals surface area contributed by atoms with Crippen LogP contribution in [0.4, 0.5) is 0 Å². The number of thiophene rings is 1. The molecule has 27 heavy (non-hydrogen) atoms. The van der Waals surface area contributed by atoms with Crippen molar-refractivity contribution in [2.24, 2.45) is 5.92 Å². The van der Waals surface area contributed by atoms with Gasteiger partial charge in [0.2, 0.25) is 15.9 Å². The molecule has 3 rings (SSSR count). The van der Waals surface area contributed by atoms with Crippen LogP contribution in [0.3, 0.4) is 0 Å². The highest BCUT2D eigenvalue weighted by Crippen LogP contribution is 2.25. The average molecular weight is 492 g/mol. The number of sulfonamides is 1. The number of amides is 1. The molecule has 2 aromatic rings. The maximum atomic E-state index is 12.7. The zero-order valence-corrected chi connectivity index (χ0v) is 18.5. The molecule has 0 atom stereocenters. The van der Waals surface area contributed by atoms with E-state index in [4.69, 9.17) is 11.6 Å². The molecule has 0 saturated carbocycles. The van der Waals surface area contributed by atoms with Crippen molar-refractivity contribution in [3.8, 4) is 0 Å². The van der Waals surface area contributed by atoms with E-state index in [1.807, 2.05) is 12.1 Å². The Bertz CT molecular complexity index is 892. The van der Waals surface area contributed by atoms with Gasteiger partial charge >= 0.3 is 0 Å². The predicted octanol–water partition coefficient (Wildman–Crippen LogP) is 3.92. The quantitative estimate of drug-likeness (QED) is 0.666. The van der Waals surface area contributed by atoms with Crippen LogP contribution in [0, 0.1) is 5.92 Å². The lowest BCUT2D eigenvalue weighted by Gasteiger charge is -2.30. The van der Waals surface area contributed by atoms with E-state index in [0.29, 0.717) is 37.5 Å². The number of nitrogens with one attached hydrogen (secondary N) is 1. The summed E-state index contributed by atoms with van der Waals surface area (Å²) >= 11 is 10.9. The van der Waals surface area contributed by atoms with Crippen LogP contribution < -0.4 is 5.32 Å². The van der Waals surface area contributed by atoms with Crippen molar-refractivity contribution in [3.63, 3.8) is 0 Å². The summed E-state index contributed by atoms with van der Waals surface area (Å²) in [6.45, 7) is 1.29. The van der Waals surface area contributed by atoms with E-state index in [2.05, 4.69) is 21.2 Å². The average Bonchev–Trinajstić information content (AvgIpc) is 3.07. The van der Waals surface area contributed by atoms with E-state index in [1.54, 1.807) is 23.5 Å². The number of rotatable bonds is 6. The molecule has 9 heteroatoms. The zero-order chi connectivity index (χ0) is 19.4. The molecule has 146 valence electrons. The monoisotopic (exact) mass is 490 g/mol. The lowest BCUT2D eigenvalue weighted by Crippen LogP contribution is -2.43. The summed E-state index contributed by atoms with van der Waals surface area (Å²) in [6, 6.07) is 10.2. The Morgan fingerprint density at radius 1 is 1.19 bits per heavy atom. The molecular formula is C18H20BrClN2O3S2. The standard InChI is InChI=1S/C18H20BrClN2O3S2/c19-17-6-3-15(26-17)7-10-21-18(23)13-8-11-22(12-9-13)27(24,25)16-4-1-14(20)2-5-16/h1-6,13H,7-12H2,(H,21,23). The summed E-state index contributed by atoms with van der Waals surface area (Å²) in [5.74, 6) is -0.133. The van der Waals surface area contributed by atoms with Crippen molar-refractivity contribution in [2.75, 3.05) is 19.6 Å². The van der Waals surface area contributed by atoms with Crippen LogP contribution in [-0.4, -0.2) is 38.3 Å². The van der Waals surface area contributed by atoms with Gasteiger partial charge in [0.1, 0.15) is 0 Å². The van der Waals surface area contributed by atoms with Crippen molar-refractivity contribution < 1.29 is 13.2 Å². The normalized spacial score (nSPS) is 16.4. The topological polar surface area (TPSA) is 66.5 Å². The molecule has 2 heterocycles. The fourth-order valence-electron chi connectivity index (χ4n) is 3.05. The molecule has 1 aromatic carbocycles. The van der Waals surface area contributed by atoms with Gasteiger partial charge < -0.3 is 5.32 Å². The van der Waals surface area contributed by atoms with Gasteiger partial charge in [-0.2, -0.15) is 4.31 Å². The van der Waals surface area contributed by atoms with Gasteiger partial charge in [-0.15, -0.1) is 11.3 Å². The number of piperidine rings is 1. The Kier molecular flexibility index (Phi) is 6.97. The van der Waals surface area contributed by atoms with E-state index < -0.39 is 10.0 Å². The van der Waals surface area contributed by atoms with E-state index >= 15 is 0 Å². The molecule has 1 aliphatic rings. The smallest absolute Gasteiger partial charge is 0.243 e. The molecule has 0 spiro atoms. The third kappa shape index (κ3) is 5.32. The summed E-state index contributed by atoms with van der Waals surface area (Å²) in [6.07, 6.45) is 1.86. The largest absolute Gasteiger partial charge is 0.355 e. The lowest BCUT2D eigenvalue weighted by molar-refractivity contribution is -0.126. The van der Waals surface area contributed by atoms with Crippen LogP contribution in [0.2, 0.25) is 5.02 Å². The van der Waals surface area contributed by atoms with Gasteiger partial charge in [-0.25, -0.2) is 8.42 Å². The van der Waals surface area contributed by atoms with E-state index in [-0.39, 0.29) is 16.7 Å². The third-order valence-electron chi connectivity index (χ3n) is 4.58. The van der Waals surface area contributed by atoms with Crippen molar-refractivity contribution in [2.45, 2.75) is 24.2 Å². The molecule has 0 radical (unpaired) electrons. The first-order valence-electron chi connectivity index (χ1n) is 8.64. The first-order valence-corrected chi connectivity index (χ1v) is 12.1. The van der Waals surface area contributed by atoms with Crippen molar-refractivity contribution in [3.05, 3.63) is 50.1 Å². The summed E-state index contributed by atoms with van der Waals surface area (Å²) in [7, 11) is -3.54. The minimum absolute atomic E-state index is 0.00848. The second-order valence-electron chi connectivity index (χ2n) is 6.38. The molecule has 1 amide bonds. The molecular weight excluding hydrogens is 472 g/mol. The van der Waals surface area contributed by atoms with E-state index in [0.717, 1.165) is 10.2 Å². The number of hydrogen-bond donors (Lipinski definition) is 1. The Hall–Kier alpha value is -0.930. The molecule has 1 saturated heterocycles. The summed E-state index contributed by atoms with van der Waals surface area (Å²) in [5, 5.41) is 3.47. The molecule has 0 aliphatic carbocycles. The highest BCUT2D eigenvalue weighted by Gasteiger charge is 2.31. The van der Waals surface area contributed by atoms with E-state index in [1.165, 1.54) is 21.3 Å². The fourth-order valence-corrected chi connectivity index (χ4v) is 6.13. The number of hydrogen-bond acceptors (Lipinski definition) is 4. The van der Waals surface area contributed by atoms with Crippen LogP contribution in [-0.2, 0) is 21.2 Å². The van der Waals surface area contributed by atoms with Crippen LogP contribution in [0.1, 0.15) is 17.7 Å². The van der Waals surface area contributed by atoms with Gasteiger partial charge in [-0.05, 0) is 71.6 Å². The minimum atomic E-state index is -3.54. The van der Waals surface area contributed by atoms with Gasteiger partial charge in [0.05, 0.1) is 8.68 Å². The van der Waals surface area contributed by atoms with Gasteiger partial charge in [-0.3, -0.25) is 4.79 Å². The maximum Gasteiger partial charge on any atom is 0.243 e. The van der Waals surface area contributed by atoms with Crippen molar-refractivity contribution in [1.82, 2.24) is 9.62 Å². The highest BCUT2D eigenvalue weighted by molar-refractivity contribution is 9.11. The Morgan fingerprint density at radius 3 is 2.44 bits per heavy atom. The number of carbonyl (C=O) groups is 1. The first-order chi connectivity index (χ1) is 12.9. The molecule has 1 aromatic heterocycles. The number of benzene rings is 1. The highest BCUT2D eigenvalue weighted by atomic mass is 79.9. The Morgan fingerprint density at radius 2 is 1.85 bits per heavy atom. The first kappa shape index (κ1) is 20.8. The van der Waals surface area contributed by atoms with Crippen LogP contribution in [0.5, 0.6) is 0 Å². The molecule has 1 fully saturated rings. The van der Waals surface area contributed by atoms with Crippen LogP contribution in [0.15, 0.2) is 45.1 Å². The predicted molar refractivity (Wildman–Crippen MR) is 112 cm³/mol. The SMILES string of the molecule is O=C(NCCc1ccc(Br)s1)C1CCN(S(=O)(=O)c2ccc(Cl)cc2)CC1. The summed E-state index contributed by atoms with van der Waals surface area (Å²) in [4.78, 5) is 13.8. The number of nitrogens with zero attached hydrogens (tertiary/aromatic N) is 1. The molecule has 1 N–H and O–H groups in total. The Labute approximate surface area is 176 Å². The second kappa shape index (κ2) is 9.05. The maximum absolute atomic E-state index is 12.7. The third-order valence-corrected chi connectivity index (χ3v) is 8.42. The number of halogens is 2. The second-order valence-corrected chi connectivity index (χ2v) is 11.3. The molecule has 0 unspecified atom stereocenters. The van der Waals surface area contributed by atoms with Gasteiger partial charge in [0.15, 0.2) is 0 Å². The van der Waals surface area contributed by atoms with Crippen molar-refractivity contribution >= 4 is 54.8 Å². The zero-order valence-electron chi connectivity index (χ0n) is 14.5. The van der Waals surface area contributed by atoms with Crippen LogP contribution >= 0.6 is 38.9 Å². The minimum Gasteiger partial charge on any atom is -0.355 e.